The molecular weight excluding hydrogens is 328 g/mol. The number of carbonyl (C=O) groups excluding carboxylic acids is 1. The van der Waals surface area contributed by atoms with Crippen LogP contribution in [0.3, 0.4) is 0 Å². The summed E-state index contributed by atoms with van der Waals surface area (Å²) in [5, 5.41) is 9.33. The van der Waals surface area contributed by atoms with Gasteiger partial charge in [0.1, 0.15) is 6.10 Å². The van der Waals surface area contributed by atoms with Gasteiger partial charge in [0.05, 0.1) is 11.8 Å². The molecule has 0 heterocycles. The summed E-state index contributed by atoms with van der Waals surface area (Å²) in [7, 11) is 0. The zero-order valence-corrected chi connectivity index (χ0v) is 17.2. The van der Waals surface area contributed by atoms with Gasteiger partial charge in [0.2, 0.25) is 0 Å². The number of hydrogen-bond donors (Lipinski definition) is 1. The van der Waals surface area contributed by atoms with Crippen LogP contribution in [0, 0.1) is 17.8 Å². The van der Waals surface area contributed by atoms with Gasteiger partial charge in [-0.15, -0.1) is 0 Å². The van der Waals surface area contributed by atoms with Crippen LogP contribution in [0.5, 0.6) is 0 Å². The molecule has 1 rings (SSSR count). The van der Waals surface area contributed by atoms with Crippen LogP contribution in [0.2, 0.25) is 0 Å². The van der Waals surface area contributed by atoms with Gasteiger partial charge in [0, 0.05) is 0 Å². The molecule has 4 nitrogen and oxygen atoms in total. The Morgan fingerprint density at radius 3 is 2.00 bits per heavy atom. The van der Waals surface area contributed by atoms with Crippen molar-refractivity contribution in [1.29, 1.82) is 0 Å². The van der Waals surface area contributed by atoms with Crippen molar-refractivity contribution in [2.24, 2.45) is 17.8 Å². The van der Waals surface area contributed by atoms with Gasteiger partial charge in [-0.05, 0) is 38.0 Å². The third kappa shape index (κ3) is 9.05. The highest BCUT2D eigenvalue weighted by atomic mass is 16.5. The third-order valence-corrected chi connectivity index (χ3v) is 5.68. The van der Waals surface area contributed by atoms with Crippen LogP contribution in [0.15, 0.2) is 0 Å². The van der Waals surface area contributed by atoms with E-state index in [1.807, 2.05) is 6.92 Å². The van der Waals surface area contributed by atoms with Crippen molar-refractivity contribution >= 4 is 11.9 Å². The second-order valence-electron chi connectivity index (χ2n) is 8.40. The molecule has 0 aromatic rings. The molecule has 0 amide bonds. The molecule has 26 heavy (non-hydrogen) atoms. The van der Waals surface area contributed by atoms with Gasteiger partial charge in [0.15, 0.2) is 0 Å². The van der Waals surface area contributed by atoms with Crippen molar-refractivity contribution in [3.63, 3.8) is 0 Å². The topological polar surface area (TPSA) is 63.6 Å². The van der Waals surface area contributed by atoms with Gasteiger partial charge in [-0.3, -0.25) is 9.59 Å². The summed E-state index contributed by atoms with van der Waals surface area (Å²) in [5.41, 5.74) is 0. The molecule has 0 aliphatic heterocycles. The molecule has 3 atom stereocenters. The van der Waals surface area contributed by atoms with E-state index in [4.69, 9.17) is 4.74 Å². The Labute approximate surface area is 160 Å². The molecule has 0 spiro atoms. The van der Waals surface area contributed by atoms with Crippen LogP contribution in [-0.2, 0) is 14.3 Å². The maximum atomic E-state index is 12.5. The Morgan fingerprint density at radius 1 is 0.923 bits per heavy atom. The third-order valence-electron chi connectivity index (χ3n) is 5.68. The van der Waals surface area contributed by atoms with Crippen molar-refractivity contribution in [3.05, 3.63) is 0 Å². The van der Waals surface area contributed by atoms with Gasteiger partial charge in [0.25, 0.3) is 0 Å². The molecule has 1 fully saturated rings. The number of esters is 1. The van der Waals surface area contributed by atoms with E-state index < -0.39 is 17.8 Å². The summed E-state index contributed by atoms with van der Waals surface area (Å²) in [6, 6.07) is 0. The SMILES string of the molecule is CCC(CCCCCCCCC(C)C)OC(=O)C1CCCCC1C(=O)O. The van der Waals surface area contributed by atoms with E-state index in [9.17, 15) is 14.7 Å². The number of carboxylic acid groups (broad SMARTS) is 1. The minimum Gasteiger partial charge on any atom is -0.481 e. The Hall–Kier alpha value is -1.06. The smallest absolute Gasteiger partial charge is 0.310 e. The first-order chi connectivity index (χ1) is 12.5. The molecule has 3 unspecified atom stereocenters. The molecule has 0 bridgehead atoms. The normalized spacial score (nSPS) is 21.5. The molecule has 1 N–H and O–H groups in total. The number of unbranched alkanes of at least 4 members (excludes halogenated alkanes) is 5. The Balaban J connectivity index is 2.22. The maximum Gasteiger partial charge on any atom is 0.310 e. The molecule has 152 valence electrons. The van der Waals surface area contributed by atoms with Gasteiger partial charge in [-0.2, -0.15) is 0 Å². The first-order valence-corrected chi connectivity index (χ1v) is 10.9. The molecule has 4 heteroatoms. The summed E-state index contributed by atoms with van der Waals surface area (Å²) in [6.45, 7) is 6.59. The fourth-order valence-corrected chi connectivity index (χ4v) is 3.94. The molecule has 1 saturated carbocycles. The molecule has 1 aliphatic carbocycles. The summed E-state index contributed by atoms with van der Waals surface area (Å²) >= 11 is 0. The zero-order chi connectivity index (χ0) is 19.4. The largest absolute Gasteiger partial charge is 0.481 e. The Bertz CT molecular complexity index is 405. The molecule has 0 aromatic heterocycles. The zero-order valence-electron chi connectivity index (χ0n) is 17.2. The number of hydrogen-bond acceptors (Lipinski definition) is 3. The molecular formula is C22H40O4. The van der Waals surface area contributed by atoms with E-state index in [-0.39, 0.29) is 12.1 Å². The van der Waals surface area contributed by atoms with E-state index in [1.54, 1.807) is 0 Å². The lowest BCUT2D eigenvalue weighted by Crippen LogP contribution is -2.35. The highest BCUT2D eigenvalue weighted by Gasteiger charge is 2.37. The van der Waals surface area contributed by atoms with Crippen molar-refractivity contribution in [2.45, 2.75) is 110 Å². The van der Waals surface area contributed by atoms with Gasteiger partial charge in [-0.25, -0.2) is 0 Å². The van der Waals surface area contributed by atoms with Crippen molar-refractivity contribution in [3.8, 4) is 0 Å². The standard InChI is InChI=1S/C22H40O4/c1-4-18(14-10-8-6-5-7-9-13-17(2)3)26-22(25)20-16-12-11-15-19(20)21(23)24/h17-20H,4-16H2,1-3H3,(H,23,24). The van der Waals surface area contributed by atoms with Gasteiger partial charge in [-0.1, -0.05) is 72.1 Å². The molecule has 0 radical (unpaired) electrons. The summed E-state index contributed by atoms with van der Waals surface area (Å²) in [4.78, 5) is 23.8. The van der Waals surface area contributed by atoms with Crippen LogP contribution in [0.25, 0.3) is 0 Å². The van der Waals surface area contributed by atoms with E-state index in [0.717, 1.165) is 38.0 Å². The van der Waals surface area contributed by atoms with E-state index in [0.29, 0.717) is 12.8 Å². The van der Waals surface area contributed by atoms with E-state index >= 15 is 0 Å². The van der Waals surface area contributed by atoms with Crippen LogP contribution in [0.4, 0.5) is 0 Å². The number of rotatable bonds is 13. The first-order valence-electron chi connectivity index (χ1n) is 10.9. The Kier molecular flexibility index (Phi) is 11.6. The van der Waals surface area contributed by atoms with E-state index in [1.165, 1.54) is 38.5 Å². The van der Waals surface area contributed by atoms with Crippen LogP contribution >= 0.6 is 0 Å². The lowest BCUT2D eigenvalue weighted by molar-refractivity contribution is -0.164. The maximum absolute atomic E-state index is 12.5. The fraction of sp³-hybridized carbons (Fsp3) is 0.909. The highest BCUT2D eigenvalue weighted by molar-refractivity contribution is 5.81. The molecule has 0 saturated heterocycles. The number of carboxylic acids is 1. The highest BCUT2D eigenvalue weighted by Crippen LogP contribution is 2.32. The Morgan fingerprint density at radius 2 is 1.46 bits per heavy atom. The molecule has 1 aliphatic rings. The number of ether oxygens (including phenoxy) is 1. The fourth-order valence-electron chi connectivity index (χ4n) is 3.94. The minimum atomic E-state index is -0.850. The summed E-state index contributed by atoms with van der Waals surface area (Å²) in [5.74, 6) is -1.33. The van der Waals surface area contributed by atoms with Crippen molar-refractivity contribution in [2.75, 3.05) is 0 Å². The first kappa shape index (κ1) is 23.0. The average Bonchev–Trinajstić information content (AvgIpc) is 2.62. The second-order valence-corrected chi connectivity index (χ2v) is 8.40. The summed E-state index contributed by atoms with van der Waals surface area (Å²) < 4.78 is 5.69. The average molecular weight is 369 g/mol. The van der Waals surface area contributed by atoms with Gasteiger partial charge >= 0.3 is 11.9 Å². The predicted molar refractivity (Wildman–Crippen MR) is 105 cm³/mol. The second kappa shape index (κ2) is 13.2. The van der Waals surface area contributed by atoms with Crippen LogP contribution < -0.4 is 0 Å². The van der Waals surface area contributed by atoms with Crippen molar-refractivity contribution in [1.82, 2.24) is 0 Å². The van der Waals surface area contributed by atoms with Crippen molar-refractivity contribution < 1.29 is 19.4 Å². The molecule has 0 aromatic carbocycles. The minimum absolute atomic E-state index is 0.0557. The number of carbonyl (C=O) groups is 2. The van der Waals surface area contributed by atoms with Gasteiger partial charge < -0.3 is 9.84 Å². The van der Waals surface area contributed by atoms with Crippen LogP contribution in [0.1, 0.15) is 104 Å². The lowest BCUT2D eigenvalue weighted by atomic mass is 9.79. The quantitative estimate of drug-likeness (QED) is 0.321. The van der Waals surface area contributed by atoms with E-state index in [2.05, 4.69) is 13.8 Å². The lowest BCUT2D eigenvalue weighted by Gasteiger charge is -2.28. The number of aliphatic carboxylic acids is 1. The van der Waals surface area contributed by atoms with Crippen LogP contribution in [-0.4, -0.2) is 23.1 Å². The monoisotopic (exact) mass is 368 g/mol. The summed E-state index contributed by atoms with van der Waals surface area (Å²) in [6.07, 6.45) is 13.5. The predicted octanol–water partition coefficient (Wildman–Crippen LogP) is 5.98.